The Bertz CT molecular complexity index is 674. The summed E-state index contributed by atoms with van der Waals surface area (Å²) in [7, 11) is 0. The lowest BCUT2D eigenvalue weighted by atomic mass is 10.2. The third kappa shape index (κ3) is 2.80. The van der Waals surface area contributed by atoms with Crippen LogP contribution in [0.1, 0.15) is 5.56 Å². The van der Waals surface area contributed by atoms with Crippen LogP contribution in [-0.2, 0) is 6.54 Å². The van der Waals surface area contributed by atoms with Gasteiger partial charge in [0.25, 0.3) is 0 Å². The fourth-order valence-corrected chi connectivity index (χ4v) is 2.21. The van der Waals surface area contributed by atoms with E-state index in [2.05, 4.69) is 14.8 Å². The minimum absolute atomic E-state index is 0.0221. The van der Waals surface area contributed by atoms with Crippen molar-refractivity contribution in [3.05, 3.63) is 47.0 Å². The molecule has 2 N–H and O–H groups in total. The van der Waals surface area contributed by atoms with Crippen LogP contribution in [0.25, 0.3) is 0 Å². The van der Waals surface area contributed by atoms with Gasteiger partial charge in [-0.25, -0.2) is 0 Å². The van der Waals surface area contributed by atoms with Gasteiger partial charge < -0.3 is 19.9 Å². The minimum atomic E-state index is -3.64. The van der Waals surface area contributed by atoms with E-state index in [0.29, 0.717) is 16.3 Å². The molecule has 3 rings (SSSR count). The Hall–Kier alpha value is -2.21. The van der Waals surface area contributed by atoms with Gasteiger partial charge in [0.05, 0.1) is 0 Å². The predicted molar refractivity (Wildman–Crippen MR) is 73.1 cm³/mol. The largest absolute Gasteiger partial charge is 0.586 e. The third-order valence-electron chi connectivity index (χ3n) is 2.96. The molecule has 0 fully saturated rings. The van der Waals surface area contributed by atoms with E-state index in [9.17, 15) is 13.9 Å². The molecule has 0 saturated carbocycles. The molecule has 110 valence electrons. The van der Waals surface area contributed by atoms with Crippen molar-refractivity contribution < 1.29 is 23.4 Å². The van der Waals surface area contributed by atoms with E-state index >= 15 is 0 Å². The lowest BCUT2D eigenvalue weighted by molar-refractivity contribution is -0.286. The fourth-order valence-electron chi connectivity index (χ4n) is 1.97. The SMILES string of the molecule is Oc1cccc(Cl)c1CNc1ccc2c(c1)OC(F)(F)O2. The highest BCUT2D eigenvalue weighted by molar-refractivity contribution is 6.31. The summed E-state index contributed by atoms with van der Waals surface area (Å²) in [5, 5.41) is 13.1. The van der Waals surface area contributed by atoms with Crippen LogP contribution < -0.4 is 14.8 Å². The molecular formula is C14H10ClF2NO3. The summed E-state index contributed by atoms with van der Waals surface area (Å²) >= 11 is 5.98. The molecule has 0 bridgehead atoms. The van der Waals surface area contributed by atoms with E-state index in [1.54, 1.807) is 18.2 Å². The first-order valence-electron chi connectivity index (χ1n) is 6.05. The quantitative estimate of drug-likeness (QED) is 0.900. The zero-order valence-corrected chi connectivity index (χ0v) is 11.3. The molecule has 1 heterocycles. The van der Waals surface area contributed by atoms with Gasteiger partial charge in [0.1, 0.15) is 5.75 Å². The summed E-state index contributed by atoms with van der Waals surface area (Å²) in [4.78, 5) is 0. The molecule has 4 nitrogen and oxygen atoms in total. The number of hydrogen-bond acceptors (Lipinski definition) is 4. The minimum Gasteiger partial charge on any atom is -0.508 e. The van der Waals surface area contributed by atoms with E-state index in [1.165, 1.54) is 18.2 Å². The molecule has 0 saturated heterocycles. The van der Waals surface area contributed by atoms with Crippen molar-refractivity contribution in [3.63, 3.8) is 0 Å². The third-order valence-corrected chi connectivity index (χ3v) is 3.32. The molecule has 2 aromatic rings. The number of anilines is 1. The van der Waals surface area contributed by atoms with Gasteiger partial charge in [-0.05, 0) is 24.3 Å². The molecule has 0 amide bonds. The highest BCUT2D eigenvalue weighted by Gasteiger charge is 2.43. The summed E-state index contributed by atoms with van der Waals surface area (Å²) in [5.41, 5.74) is 1.05. The Kier molecular flexibility index (Phi) is 3.25. The predicted octanol–water partition coefficient (Wildman–Crippen LogP) is 3.98. The first-order chi connectivity index (χ1) is 9.94. The molecule has 21 heavy (non-hydrogen) atoms. The summed E-state index contributed by atoms with van der Waals surface area (Å²) < 4.78 is 34.5. The summed E-state index contributed by atoms with van der Waals surface area (Å²) in [6.45, 7) is 0.238. The fraction of sp³-hybridized carbons (Fsp3) is 0.143. The molecule has 0 aromatic heterocycles. The van der Waals surface area contributed by atoms with Crippen molar-refractivity contribution in [2.24, 2.45) is 0 Å². The number of ether oxygens (including phenoxy) is 2. The number of phenols is 1. The summed E-state index contributed by atoms with van der Waals surface area (Å²) in [6.07, 6.45) is -3.64. The first-order valence-corrected chi connectivity index (χ1v) is 6.42. The van der Waals surface area contributed by atoms with Crippen LogP contribution >= 0.6 is 11.6 Å². The van der Waals surface area contributed by atoms with Crippen LogP contribution in [0.15, 0.2) is 36.4 Å². The zero-order chi connectivity index (χ0) is 15.0. The molecule has 1 aliphatic rings. The maximum Gasteiger partial charge on any atom is 0.586 e. The lowest BCUT2D eigenvalue weighted by Crippen LogP contribution is -2.25. The molecule has 0 spiro atoms. The first kappa shape index (κ1) is 13.8. The molecule has 1 aliphatic heterocycles. The highest BCUT2D eigenvalue weighted by Crippen LogP contribution is 2.42. The van der Waals surface area contributed by atoms with Gasteiger partial charge in [0.15, 0.2) is 11.5 Å². The van der Waals surface area contributed by atoms with E-state index in [1.807, 2.05) is 0 Å². The Morgan fingerprint density at radius 3 is 2.67 bits per heavy atom. The van der Waals surface area contributed by atoms with Gasteiger partial charge in [-0.2, -0.15) is 0 Å². The van der Waals surface area contributed by atoms with E-state index in [4.69, 9.17) is 11.6 Å². The lowest BCUT2D eigenvalue weighted by Gasteiger charge is -2.10. The number of fused-ring (bicyclic) bond motifs is 1. The van der Waals surface area contributed by atoms with Gasteiger partial charge in [-0.1, -0.05) is 17.7 Å². The number of halogens is 3. The molecular weight excluding hydrogens is 304 g/mol. The summed E-state index contributed by atoms with van der Waals surface area (Å²) in [6, 6.07) is 9.14. The molecule has 0 unspecified atom stereocenters. The number of phenolic OH excluding ortho intramolecular Hbond substituents is 1. The topological polar surface area (TPSA) is 50.7 Å². The van der Waals surface area contributed by atoms with Crippen molar-refractivity contribution in [1.29, 1.82) is 0 Å². The van der Waals surface area contributed by atoms with Crippen molar-refractivity contribution >= 4 is 17.3 Å². The second-order valence-corrected chi connectivity index (χ2v) is 4.83. The summed E-state index contributed by atoms with van der Waals surface area (Å²) in [5.74, 6) is -0.0122. The van der Waals surface area contributed by atoms with Gasteiger partial charge >= 0.3 is 6.29 Å². The van der Waals surface area contributed by atoms with Crippen LogP contribution in [-0.4, -0.2) is 11.4 Å². The van der Waals surface area contributed by atoms with Gasteiger partial charge in [0.2, 0.25) is 0 Å². The Labute approximate surface area is 123 Å². The number of hydrogen-bond donors (Lipinski definition) is 2. The van der Waals surface area contributed by atoms with Gasteiger partial charge in [0, 0.05) is 28.9 Å². The monoisotopic (exact) mass is 313 g/mol. The van der Waals surface area contributed by atoms with E-state index < -0.39 is 6.29 Å². The normalized spacial score (nSPS) is 15.0. The van der Waals surface area contributed by atoms with Crippen LogP contribution in [0.3, 0.4) is 0 Å². The Morgan fingerprint density at radius 1 is 1.14 bits per heavy atom. The number of alkyl halides is 2. The molecule has 0 radical (unpaired) electrons. The number of rotatable bonds is 3. The Balaban J connectivity index is 1.76. The standard InChI is InChI=1S/C14H10ClF2NO3/c15-10-2-1-3-11(19)9(10)7-18-8-4-5-12-13(6-8)21-14(16,17)20-12/h1-6,18-19H,7H2. The highest BCUT2D eigenvalue weighted by atomic mass is 35.5. The smallest absolute Gasteiger partial charge is 0.508 e. The van der Waals surface area contributed by atoms with Crippen LogP contribution in [0, 0.1) is 0 Å². The van der Waals surface area contributed by atoms with Crippen LogP contribution in [0.5, 0.6) is 17.2 Å². The molecule has 0 atom stereocenters. The molecule has 2 aromatic carbocycles. The molecule has 0 aliphatic carbocycles. The van der Waals surface area contributed by atoms with Crippen molar-refractivity contribution in [2.75, 3.05) is 5.32 Å². The molecule has 7 heteroatoms. The zero-order valence-electron chi connectivity index (χ0n) is 10.6. The Morgan fingerprint density at radius 2 is 1.90 bits per heavy atom. The van der Waals surface area contributed by atoms with E-state index in [-0.39, 0.29) is 23.8 Å². The van der Waals surface area contributed by atoms with Gasteiger partial charge in [-0.15, -0.1) is 8.78 Å². The van der Waals surface area contributed by atoms with Gasteiger partial charge in [-0.3, -0.25) is 0 Å². The average molecular weight is 314 g/mol. The van der Waals surface area contributed by atoms with Crippen molar-refractivity contribution in [1.82, 2.24) is 0 Å². The second-order valence-electron chi connectivity index (χ2n) is 4.42. The van der Waals surface area contributed by atoms with E-state index in [0.717, 1.165) is 0 Å². The second kappa shape index (κ2) is 4.96. The number of aromatic hydroxyl groups is 1. The average Bonchev–Trinajstić information content (AvgIpc) is 2.71. The maximum atomic E-state index is 12.9. The number of nitrogens with one attached hydrogen (secondary N) is 1. The van der Waals surface area contributed by atoms with Crippen molar-refractivity contribution in [2.45, 2.75) is 12.8 Å². The van der Waals surface area contributed by atoms with Crippen LogP contribution in [0.4, 0.5) is 14.5 Å². The number of benzene rings is 2. The van der Waals surface area contributed by atoms with Crippen molar-refractivity contribution in [3.8, 4) is 17.2 Å². The maximum absolute atomic E-state index is 12.9. The van der Waals surface area contributed by atoms with Crippen LogP contribution in [0.2, 0.25) is 5.02 Å².